The monoisotopic (exact) mass is 282 g/mol. The lowest BCUT2D eigenvalue weighted by Crippen LogP contribution is -2.33. The van der Waals surface area contributed by atoms with Crippen molar-refractivity contribution in [2.75, 3.05) is 32.1 Å². The molecule has 1 unspecified atom stereocenters. The maximum Gasteiger partial charge on any atom is 0.337 e. The Balaban J connectivity index is 2.00. The van der Waals surface area contributed by atoms with Crippen molar-refractivity contribution in [2.24, 2.45) is 5.92 Å². The summed E-state index contributed by atoms with van der Waals surface area (Å²) in [5, 5.41) is 7.32. The number of ether oxygens (including phenoxy) is 1. The first-order valence-electron chi connectivity index (χ1n) is 6.53. The van der Waals surface area contributed by atoms with Gasteiger partial charge in [0.1, 0.15) is 0 Å². The third kappa shape index (κ3) is 3.85. The minimum atomic E-state index is -0.348. The van der Waals surface area contributed by atoms with Crippen LogP contribution in [0.2, 0.25) is 5.02 Å². The molecule has 0 saturated carbocycles. The topological polar surface area (TPSA) is 50.4 Å². The van der Waals surface area contributed by atoms with Crippen LogP contribution in [0.1, 0.15) is 23.2 Å². The van der Waals surface area contributed by atoms with Gasteiger partial charge in [0.15, 0.2) is 0 Å². The van der Waals surface area contributed by atoms with Gasteiger partial charge in [-0.2, -0.15) is 0 Å². The highest BCUT2D eigenvalue weighted by Crippen LogP contribution is 2.24. The Kier molecular flexibility index (Phi) is 5.05. The quantitative estimate of drug-likeness (QED) is 0.834. The molecular formula is C14H19ClN2O2. The van der Waals surface area contributed by atoms with Gasteiger partial charge in [0.25, 0.3) is 0 Å². The van der Waals surface area contributed by atoms with Gasteiger partial charge in [0.05, 0.1) is 23.4 Å². The molecular weight excluding hydrogens is 264 g/mol. The Morgan fingerprint density at radius 2 is 2.42 bits per heavy atom. The average Bonchev–Trinajstić information content (AvgIpc) is 2.46. The summed E-state index contributed by atoms with van der Waals surface area (Å²) < 4.78 is 4.71. The van der Waals surface area contributed by atoms with E-state index in [4.69, 9.17) is 16.3 Å². The molecule has 1 atom stereocenters. The Morgan fingerprint density at radius 3 is 3.11 bits per heavy atom. The molecule has 1 aliphatic heterocycles. The van der Waals surface area contributed by atoms with Crippen molar-refractivity contribution >= 4 is 23.3 Å². The first-order chi connectivity index (χ1) is 9.20. The maximum absolute atomic E-state index is 11.5. The van der Waals surface area contributed by atoms with E-state index in [-0.39, 0.29) is 5.97 Å². The molecule has 2 N–H and O–H groups in total. The number of hydrogen-bond donors (Lipinski definition) is 2. The molecule has 1 saturated heterocycles. The number of nitrogens with one attached hydrogen (secondary N) is 2. The van der Waals surface area contributed by atoms with E-state index in [1.54, 1.807) is 18.2 Å². The summed E-state index contributed by atoms with van der Waals surface area (Å²) >= 11 is 6.13. The van der Waals surface area contributed by atoms with Crippen molar-refractivity contribution in [3.63, 3.8) is 0 Å². The van der Waals surface area contributed by atoms with E-state index >= 15 is 0 Å². The van der Waals surface area contributed by atoms with Crippen LogP contribution in [0.3, 0.4) is 0 Å². The zero-order valence-corrected chi connectivity index (χ0v) is 11.8. The smallest absolute Gasteiger partial charge is 0.337 e. The molecule has 1 aliphatic rings. The standard InChI is InChI=1S/C14H19ClN2O2/c1-19-14(18)11-4-5-12(15)13(7-11)17-9-10-3-2-6-16-8-10/h4-5,7,10,16-17H,2-3,6,8-9H2,1H3. The van der Waals surface area contributed by atoms with Crippen LogP contribution in [-0.4, -0.2) is 32.7 Å². The summed E-state index contributed by atoms with van der Waals surface area (Å²) in [5.74, 6) is 0.255. The predicted octanol–water partition coefficient (Wildman–Crippen LogP) is 2.54. The third-order valence-corrected chi connectivity index (χ3v) is 3.70. The van der Waals surface area contributed by atoms with Crippen LogP contribution in [0.25, 0.3) is 0 Å². The number of esters is 1. The van der Waals surface area contributed by atoms with Gasteiger partial charge in [0.2, 0.25) is 0 Å². The second kappa shape index (κ2) is 6.78. The van der Waals surface area contributed by atoms with Gasteiger partial charge in [-0.25, -0.2) is 4.79 Å². The normalized spacial score (nSPS) is 18.9. The van der Waals surface area contributed by atoms with Crippen LogP contribution in [0, 0.1) is 5.92 Å². The van der Waals surface area contributed by atoms with Crippen molar-refractivity contribution in [3.8, 4) is 0 Å². The van der Waals surface area contributed by atoms with Crippen LogP contribution < -0.4 is 10.6 Å². The summed E-state index contributed by atoms with van der Waals surface area (Å²) in [6.07, 6.45) is 2.43. The lowest BCUT2D eigenvalue weighted by molar-refractivity contribution is 0.0601. The Labute approximate surface area is 118 Å². The number of rotatable bonds is 4. The number of methoxy groups -OCH3 is 1. The molecule has 104 valence electrons. The molecule has 0 radical (unpaired) electrons. The SMILES string of the molecule is COC(=O)c1ccc(Cl)c(NCC2CCCNC2)c1. The fourth-order valence-corrected chi connectivity index (χ4v) is 2.44. The molecule has 0 amide bonds. The lowest BCUT2D eigenvalue weighted by Gasteiger charge is -2.23. The van der Waals surface area contributed by atoms with Crippen LogP contribution in [-0.2, 0) is 4.74 Å². The number of halogens is 1. The molecule has 1 aromatic carbocycles. The summed E-state index contributed by atoms with van der Waals surface area (Å²) in [4.78, 5) is 11.5. The largest absolute Gasteiger partial charge is 0.465 e. The summed E-state index contributed by atoms with van der Waals surface area (Å²) in [5.41, 5.74) is 1.30. The number of benzene rings is 1. The van der Waals surface area contributed by atoms with Gasteiger partial charge in [-0.3, -0.25) is 0 Å². The zero-order valence-electron chi connectivity index (χ0n) is 11.0. The molecule has 0 bridgehead atoms. The van der Waals surface area contributed by atoms with E-state index in [0.29, 0.717) is 16.5 Å². The molecule has 5 heteroatoms. The minimum Gasteiger partial charge on any atom is -0.465 e. The van der Waals surface area contributed by atoms with Gasteiger partial charge in [-0.15, -0.1) is 0 Å². The Morgan fingerprint density at radius 1 is 1.58 bits per heavy atom. The fraction of sp³-hybridized carbons (Fsp3) is 0.500. The van der Waals surface area contributed by atoms with Gasteiger partial charge in [0, 0.05) is 6.54 Å². The van der Waals surface area contributed by atoms with Crippen LogP contribution in [0.5, 0.6) is 0 Å². The second-order valence-corrected chi connectivity index (χ2v) is 5.19. The number of anilines is 1. The van der Waals surface area contributed by atoms with Crippen LogP contribution >= 0.6 is 11.6 Å². The fourth-order valence-electron chi connectivity index (χ4n) is 2.26. The molecule has 0 spiro atoms. The lowest BCUT2D eigenvalue weighted by atomic mass is 9.99. The molecule has 1 fully saturated rings. The maximum atomic E-state index is 11.5. The van der Waals surface area contributed by atoms with Gasteiger partial charge >= 0.3 is 5.97 Å². The molecule has 2 rings (SSSR count). The number of carbonyl (C=O) groups excluding carboxylic acids is 1. The van der Waals surface area contributed by atoms with Crippen molar-refractivity contribution in [1.29, 1.82) is 0 Å². The van der Waals surface area contributed by atoms with E-state index in [2.05, 4.69) is 10.6 Å². The van der Waals surface area contributed by atoms with Gasteiger partial charge in [-0.1, -0.05) is 11.6 Å². The van der Waals surface area contributed by atoms with Gasteiger partial charge < -0.3 is 15.4 Å². The van der Waals surface area contributed by atoms with Crippen molar-refractivity contribution in [2.45, 2.75) is 12.8 Å². The summed E-state index contributed by atoms with van der Waals surface area (Å²) in [6.45, 7) is 2.99. The third-order valence-electron chi connectivity index (χ3n) is 3.37. The first-order valence-corrected chi connectivity index (χ1v) is 6.91. The molecule has 19 heavy (non-hydrogen) atoms. The highest BCUT2D eigenvalue weighted by atomic mass is 35.5. The van der Waals surface area contributed by atoms with Crippen LogP contribution in [0.4, 0.5) is 5.69 Å². The highest BCUT2D eigenvalue weighted by Gasteiger charge is 2.14. The van der Waals surface area contributed by atoms with Crippen LogP contribution in [0.15, 0.2) is 18.2 Å². The minimum absolute atomic E-state index is 0.348. The van der Waals surface area contributed by atoms with Crippen molar-refractivity contribution in [1.82, 2.24) is 5.32 Å². The van der Waals surface area contributed by atoms with E-state index in [0.717, 1.165) is 25.3 Å². The number of piperidine rings is 1. The van der Waals surface area contributed by atoms with Crippen molar-refractivity contribution in [3.05, 3.63) is 28.8 Å². The Hall–Kier alpha value is -1.26. The molecule has 0 aromatic heterocycles. The highest BCUT2D eigenvalue weighted by molar-refractivity contribution is 6.33. The molecule has 1 heterocycles. The van der Waals surface area contributed by atoms with Crippen molar-refractivity contribution < 1.29 is 9.53 Å². The van der Waals surface area contributed by atoms with E-state index in [9.17, 15) is 4.79 Å². The number of hydrogen-bond acceptors (Lipinski definition) is 4. The molecule has 0 aliphatic carbocycles. The van der Waals surface area contributed by atoms with Gasteiger partial charge in [-0.05, 0) is 50.0 Å². The molecule has 4 nitrogen and oxygen atoms in total. The average molecular weight is 283 g/mol. The zero-order chi connectivity index (χ0) is 13.7. The first kappa shape index (κ1) is 14.2. The molecule has 1 aromatic rings. The second-order valence-electron chi connectivity index (χ2n) is 4.78. The van der Waals surface area contributed by atoms with E-state index in [1.807, 2.05) is 0 Å². The number of carbonyl (C=O) groups is 1. The summed E-state index contributed by atoms with van der Waals surface area (Å²) in [7, 11) is 1.37. The van der Waals surface area contributed by atoms with E-state index < -0.39 is 0 Å². The predicted molar refractivity (Wildman–Crippen MR) is 76.9 cm³/mol. The Bertz CT molecular complexity index is 445. The summed E-state index contributed by atoms with van der Waals surface area (Å²) in [6, 6.07) is 5.13. The van der Waals surface area contributed by atoms with E-state index in [1.165, 1.54) is 20.0 Å².